The van der Waals surface area contributed by atoms with Crippen molar-refractivity contribution in [1.29, 1.82) is 0 Å². The first-order chi connectivity index (χ1) is 15.0. The molecule has 0 radical (unpaired) electrons. The van der Waals surface area contributed by atoms with Crippen LogP contribution in [0.15, 0.2) is 48.9 Å². The smallest absolute Gasteiger partial charge is 0.263 e. The first-order valence-corrected chi connectivity index (χ1v) is 10.3. The van der Waals surface area contributed by atoms with E-state index in [0.717, 1.165) is 36.9 Å². The largest absolute Gasteiger partial charge is 0.346 e. The number of halogens is 3. The van der Waals surface area contributed by atoms with Gasteiger partial charge in [0.2, 0.25) is 5.95 Å². The third-order valence-electron chi connectivity index (χ3n) is 6.04. The van der Waals surface area contributed by atoms with Crippen LogP contribution in [0.4, 0.5) is 13.2 Å². The molecule has 0 spiro atoms. The van der Waals surface area contributed by atoms with Gasteiger partial charge in [0.05, 0.1) is 11.6 Å². The Morgan fingerprint density at radius 3 is 2.68 bits per heavy atom. The standard InChI is InChI=1S/C23H22F3N5/c1-30-7-5-17(6-8-30)31-13-20(22(26)29-31)16-10-18-19(12-28-23(18)27-11-16)14-3-2-4-15(9-14)21(24)25/h2-4,9-13,17,21H,5-8H2,1H3,(H,27,28). The van der Waals surface area contributed by atoms with Crippen LogP contribution in [0, 0.1) is 5.95 Å². The molecule has 0 bridgehead atoms. The lowest BCUT2D eigenvalue weighted by molar-refractivity contribution is 0.151. The molecule has 1 aliphatic heterocycles. The fourth-order valence-electron chi connectivity index (χ4n) is 4.24. The summed E-state index contributed by atoms with van der Waals surface area (Å²) in [6, 6.07) is 8.27. The number of nitrogens with one attached hydrogen (secondary N) is 1. The van der Waals surface area contributed by atoms with Gasteiger partial charge in [-0.05, 0) is 50.7 Å². The molecule has 5 rings (SSSR count). The summed E-state index contributed by atoms with van der Waals surface area (Å²) in [6.07, 6.45) is 4.41. The first kappa shape index (κ1) is 19.8. The van der Waals surface area contributed by atoms with Crippen LogP contribution < -0.4 is 0 Å². The SMILES string of the molecule is CN1CCC(n2cc(-c3cnc4[nH]cc(-c5cccc(C(F)F)c5)c4c3)c(F)n2)CC1. The maximum absolute atomic E-state index is 14.8. The van der Waals surface area contributed by atoms with Crippen LogP contribution in [0.25, 0.3) is 33.3 Å². The first-order valence-electron chi connectivity index (χ1n) is 10.3. The van der Waals surface area contributed by atoms with Crippen LogP contribution in [0.3, 0.4) is 0 Å². The van der Waals surface area contributed by atoms with Crippen molar-refractivity contribution < 1.29 is 13.2 Å². The monoisotopic (exact) mass is 425 g/mol. The molecule has 1 aliphatic rings. The van der Waals surface area contributed by atoms with Crippen molar-refractivity contribution >= 4 is 11.0 Å². The third kappa shape index (κ3) is 3.72. The second-order valence-corrected chi connectivity index (χ2v) is 8.10. The van der Waals surface area contributed by atoms with Gasteiger partial charge in [-0.2, -0.15) is 4.39 Å². The van der Waals surface area contributed by atoms with Gasteiger partial charge in [0.25, 0.3) is 6.43 Å². The van der Waals surface area contributed by atoms with E-state index in [1.807, 2.05) is 6.07 Å². The molecule has 5 nitrogen and oxygen atoms in total. The molecule has 1 N–H and O–H groups in total. The summed E-state index contributed by atoms with van der Waals surface area (Å²) >= 11 is 0. The highest BCUT2D eigenvalue weighted by Crippen LogP contribution is 2.34. The Labute approximate surface area is 177 Å². The lowest BCUT2D eigenvalue weighted by atomic mass is 10.0. The summed E-state index contributed by atoms with van der Waals surface area (Å²) < 4.78 is 42.8. The predicted octanol–water partition coefficient (Wildman–Crippen LogP) is 5.44. The van der Waals surface area contributed by atoms with Crippen molar-refractivity contribution in [3.8, 4) is 22.3 Å². The van der Waals surface area contributed by atoms with Gasteiger partial charge in [-0.15, -0.1) is 5.10 Å². The molecule has 1 aromatic carbocycles. The fraction of sp³-hybridized carbons (Fsp3) is 0.304. The Morgan fingerprint density at radius 2 is 1.90 bits per heavy atom. The number of benzene rings is 1. The van der Waals surface area contributed by atoms with Crippen LogP contribution in [-0.2, 0) is 0 Å². The van der Waals surface area contributed by atoms with Crippen molar-refractivity contribution in [2.45, 2.75) is 25.3 Å². The summed E-state index contributed by atoms with van der Waals surface area (Å²) in [5, 5.41) is 4.87. The van der Waals surface area contributed by atoms with E-state index >= 15 is 0 Å². The van der Waals surface area contributed by atoms with E-state index < -0.39 is 12.4 Å². The maximum atomic E-state index is 14.8. The zero-order valence-corrected chi connectivity index (χ0v) is 17.0. The highest BCUT2D eigenvalue weighted by molar-refractivity contribution is 5.95. The summed E-state index contributed by atoms with van der Waals surface area (Å²) in [7, 11) is 2.08. The summed E-state index contributed by atoms with van der Waals surface area (Å²) in [5.41, 5.74) is 2.98. The number of fused-ring (bicyclic) bond motifs is 1. The Hall–Kier alpha value is -3.13. The van der Waals surface area contributed by atoms with Crippen LogP contribution in [0.5, 0.6) is 0 Å². The molecular formula is C23H22F3N5. The average Bonchev–Trinajstić information content (AvgIpc) is 3.37. The van der Waals surface area contributed by atoms with Crippen molar-refractivity contribution in [3.05, 3.63) is 60.4 Å². The van der Waals surface area contributed by atoms with Crippen LogP contribution >= 0.6 is 0 Å². The lowest BCUT2D eigenvalue weighted by Gasteiger charge is -2.28. The highest BCUT2D eigenvalue weighted by Gasteiger charge is 2.22. The van der Waals surface area contributed by atoms with Gasteiger partial charge < -0.3 is 9.88 Å². The van der Waals surface area contributed by atoms with E-state index in [4.69, 9.17) is 0 Å². The number of nitrogens with zero attached hydrogens (tertiary/aromatic N) is 4. The van der Waals surface area contributed by atoms with Gasteiger partial charge in [-0.3, -0.25) is 4.68 Å². The normalized spacial score (nSPS) is 15.9. The number of piperidine rings is 1. The van der Waals surface area contributed by atoms with Gasteiger partial charge in [0, 0.05) is 40.7 Å². The molecule has 0 amide bonds. The number of likely N-dealkylation sites (tertiary alicyclic amines) is 1. The van der Waals surface area contributed by atoms with E-state index in [1.165, 1.54) is 12.1 Å². The summed E-state index contributed by atoms with van der Waals surface area (Å²) in [5.74, 6) is -0.531. The zero-order valence-electron chi connectivity index (χ0n) is 17.0. The molecular weight excluding hydrogens is 403 g/mol. The van der Waals surface area contributed by atoms with Crippen molar-refractivity contribution in [2.75, 3.05) is 20.1 Å². The zero-order chi connectivity index (χ0) is 21.5. The van der Waals surface area contributed by atoms with Gasteiger partial charge in [-0.1, -0.05) is 18.2 Å². The molecule has 0 saturated carbocycles. The molecule has 0 aliphatic carbocycles. The molecule has 0 atom stereocenters. The van der Waals surface area contributed by atoms with E-state index in [9.17, 15) is 13.2 Å². The number of aromatic nitrogens is 4. The van der Waals surface area contributed by atoms with Crippen LogP contribution in [0.2, 0.25) is 0 Å². The van der Waals surface area contributed by atoms with Gasteiger partial charge in [-0.25, -0.2) is 13.8 Å². The van der Waals surface area contributed by atoms with Gasteiger partial charge >= 0.3 is 0 Å². The number of aromatic amines is 1. The topological polar surface area (TPSA) is 49.7 Å². The fourth-order valence-corrected chi connectivity index (χ4v) is 4.24. The highest BCUT2D eigenvalue weighted by atomic mass is 19.3. The number of hydrogen-bond donors (Lipinski definition) is 1. The quantitative estimate of drug-likeness (QED) is 0.474. The second kappa shape index (κ2) is 7.85. The molecule has 3 aromatic heterocycles. The number of hydrogen-bond acceptors (Lipinski definition) is 3. The predicted molar refractivity (Wildman–Crippen MR) is 113 cm³/mol. The molecule has 4 aromatic rings. The Morgan fingerprint density at radius 1 is 1.10 bits per heavy atom. The van der Waals surface area contributed by atoms with E-state index in [1.54, 1.807) is 35.4 Å². The number of H-pyrrole nitrogens is 1. The minimum atomic E-state index is -2.54. The Bertz CT molecular complexity index is 1220. The van der Waals surface area contributed by atoms with E-state index in [0.29, 0.717) is 22.3 Å². The second-order valence-electron chi connectivity index (χ2n) is 8.10. The van der Waals surface area contributed by atoms with Gasteiger partial charge in [0.15, 0.2) is 0 Å². The summed E-state index contributed by atoms with van der Waals surface area (Å²) in [4.78, 5) is 9.75. The molecule has 0 unspecified atom stereocenters. The van der Waals surface area contributed by atoms with Crippen LogP contribution in [-0.4, -0.2) is 44.8 Å². The third-order valence-corrected chi connectivity index (χ3v) is 6.04. The maximum Gasteiger partial charge on any atom is 0.263 e. The minimum absolute atomic E-state index is 0.0404. The Balaban J connectivity index is 1.52. The summed E-state index contributed by atoms with van der Waals surface area (Å²) in [6.45, 7) is 1.92. The van der Waals surface area contributed by atoms with Crippen molar-refractivity contribution in [3.63, 3.8) is 0 Å². The van der Waals surface area contributed by atoms with Crippen molar-refractivity contribution in [1.82, 2.24) is 24.6 Å². The molecule has 4 heterocycles. The molecule has 8 heteroatoms. The molecule has 1 fully saturated rings. The average molecular weight is 425 g/mol. The number of pyridine rings is 1. The minimum Gasteiger partial charge on any atom is -0.346 e. The number of rotatable bonds is 4. The Kier molecular flexibility index (Phi) is 5.02. The molecule has 31 heavy (non-hydrogen) atoms. The van der Waals surface area contributed by atoms with Crippen molar-refractivity contribution in [2.24, 2.45) is 0 Å². The number of alkyl halides is 2. The van der Waals surface area contributed by atoms with E-state index in [2.05, 4.69) is 27.0 Å². The van der Waals surface area contributed by atoms with Gasteiger partial charge in [0.1, 0.15) is 5.65 Å². The van der Waals surface area contributed by atoms with Crippen LogP contribution in [0.1, 0.15) is 30.9 Å². The van der Waals surface area contributed by atoms with E-state index in [-0.39, 0.29) is 11.6 Å². The lowest BCUT2D eigenvalue weighted by Crippen LogP contribution is -2.31. The molecule has 160 valence electrons. The molecule has 1 saturated heterocycles.